The molecule has 1 aliphatic carbocycles. The van der Waals surface area contributed by atoms with Gasteiger partial charge in [0, 0.05) is 5.54 Å². The smallest absolute Gasteiger partial charge is 0.0181 e. The van der Waals surface area contributed by atoms with Gasteiger partial charge in [0.1, 0.15) is 0 Å². The lowest BCUT2D eigenvalue weighted by molar-refractivity contribution is 0.145. The van der Waals surface area contributed by atoms with Crippen molar-refractivity contribution in [2.45, 2.75) is 70.8 Å². The molecule has 3 atom stereocenters. The zero-order valence-electron chi connectivity index (χ0n) is 10.5. The van der Waals surface area contributed by atoms with E-state index < -0.39 is 0 Å². The van der Waals surface area contributed by atoms with E-state index in [4.69, 9.17) is 0 Å². The molecule has 0 bridgehead atoms. The van der Waals surface area contributed by atoms with Gasteiger partial charge >= 0.3 is 0 Å². The predicted octanol–water partition coefficient (Wildman–Crippen LogP) is 3.74. The minimum absolute atomic E-state index is 0.463. The van der Waals surface area contributed by atoms with E-state index in [1.807, 2.05) is 0 Å². The number of hydrogen-bond acceptors (Lipinski definition) is 1. The maximum Gasteiger partial charge on any atom is 0.0181 e. The molecule has 1 heteroatoms. The van der Waals surface area contributed by atoms with E-state index in [0.717, 1.165) is 11.8 Å². The van der Waals surface area contributed by atoms with Crippen LogP contribution >= 0.6 is 0 Å². The SMILES string of the molecule is CC1CCCC(C2(C)CCCCCN2)C1. The van der Waals surface area contributed by atoms with Gasteiger partial charge in [-0.1, -0.05) is 32.6 Å². The summed E-state index contributed by atoms with van der Waals surface area (Å²) in [6, 6.07) is 0. The lowest BCUT2D eigenvalue weighted by atomic mass is 9.70. The van der Waals surface area contributed by atoms with Gasteiger partial charge in [0.15, 0.2) is 0 Å². The molecule has 0 amide bonds. The van der Waals surface area contributed by atoms with Crippen molar-refractivity contribution < 1.29 is 0 Å². The maximum absolute atomic E-state index is 3.85. The molecule has 1 saturated heterocycles. The molecule has 2 fully saturated rings. The predicted molar refractivity (Wildman–Crippen MR) is 66.0 cm³/mol. The van der Waals surface area contributed by atoms with E-state index in [2.05, 4.69) is 19.2 Å². The first-order chi connectivity index (χ1) is 7.21. The summed E-state index contributed by atoms with van der Waals surface area (Å²) in [5.74, 6) is 1.91. The number of hydrogen-bond donors (Lipinski definition) is 1. The summed E-state index contributed by atoms with van der Waals surface area (Å²) in [5.41, 5.74) is 0.463. The summed E-state index contributed by atoms with van der Waals surface area (Å²) in [5, 5.41) is 3.85. The minimum atomic E-state index is 0.463. The number of nitrogens with one attached hydrogen (secondary N) is 1. The van der Waals surface area contributed by atoms with Crippen LogP contribution in [0.15, 0.2) is 0 Å². The molecule has 2 rings (SSSR count). The first-order valence-electron chi connectivity index (χ1n) is 6.96. The van der Waals surface area contributed by atoms with E-state index in [0.29, 0.717) is 5.54 Å². The fourth-order valence-electron chi connectivity index (χ4n) is 3.62. The van der Waals surface area contributed by atoms with Crippen molar-refractivity contribution in [2.24, 2.45) is 11.8 Å². The monoisotopic (exact) mass is 209 g/mol. The van der Waals surface area contributed by atoms with Crippen LogP contribution in [0.25, 0.3) is 0 Å². The van der Waals surface area contributed by atoms with Crippen molar-refractivity contribution >= 4 is 0 Å². The third-order valence-corrected chi connectivity index (χ3v) is 4.74. The van der Waals surface area contributed by atoms with Crippen LogP contribution in [0.4, 0.5) is 0 Å². The van der Waals surface area contributed by atoms with Gasteiger partial charge in [-0.25, -0.2) is 0 Å². The highest BCUT2D eigenvalue weighted by Gasteiger charge is 2.36. The van der Waals surface area contributed by atoms with Crippen molar-refractivity contribution in [2.75, 3.05) is 6.54 Å². The fourth-order valence-corrected chi connectivity index (χ4v) is 3.62. The van der Waals surface area contributed by atoms with Gasteiger partial charge in [0.05, 0.1) is 0 Å². The van der Waals surface area contributed by atoms with Gasteiger partial charge in [-0.3, -0.25) is 0 Å². The van der Waals surface area contributed by atoms with Crippen LogP contribution in [0.3, 0.4) is 0 Å². The Bertz CT molecular complexity index is 192. The van der Waals surface area contributed by atoms with Crippen molar-refractivity contribution in [3.63, 3.8) is 0 Å². The highest BCUT2D eigenvalue weighted by atomic mass is 15.0. The van der Waals surface area contributed by atoms with Crippen molar-refractivity contribution in [3.8, 4) is 0 Å². The first-order valence-corrected chi connectivity index (χ1v) is 6.96. The van der Waals surface area contributed by atoms with Gasteiger partial charge in [-0.15, -0.1) is 0 Å². The van der Waals surface area contributed by atoms with Gasteiger partial charge < -0.3 is 5.32 Å². The van der Waals surface area contributed by atoms with Crippen LogP contribution in [0.5, 0.6) is 0 Å². The molecule has 1 N–H and O–H groups in total. The standard InChI is InChI=1S/C14H27N/c1-12-7-6-8-13(11-12)14(2)9-4-3-5-10-15-14/h12-13,15H,3-11H2,1-2H3. The van der Waals surface area contributed by atoms with Gasteiger partial charge in [-0.05, 0) is 51.0 Å². The summed E-state index contributed by atoms with van der Waals surface area (Å²) in [6.45, 7) is 6.18. The fraction of sp³-hybridized carbons (Fsp3) is 1.00. The van der Waals surface area contributed by atoms with Crippen LogP contribution in [0.1, 0.15) is 65.2 Å². The zero-order valence-corrected chi connectivity index (χ0v) is 10.5. The van der Waals surface area contributed by atoms with Gasteiger partial charge in [0.25, 0.3) is 0 Å². The van der Waals surface area contributed by atoms with Crippen LogP contribution in [-0.4, -0.2) is 12.1 Å². The van der Waals surface area contributed by atoms with E-state index in [9.17, 15) is 0 Å². The van der Waals surface area contributed by atoms with Crippen molar-refractivity contribution in [1.29, 1.82) is 0 Å². The van der Waals surface area contributed by atoms with Crippen molar-refractivity contribution in [1.82, 2.24) is 5.32 Å². The van der Waals surface area contributed by atoms with Crippen molar-refractivity contribution in [3.05, 3.63) is 0 Å². The average molecular weight is 209 g/mol. The molecular formula is C14H27N. The molecule has 0 aromatic rings. The van der Waals surface area contributed by atoms with Crippen LogP contribution in [-0.2, 0) is 0 Å². The Morgan fingerprint density at radius 3 is 2.73 bits per heavy atom. The van der Waals surface area contributed by atoms with Crippen LogP contribution in [0.2, 0.25) is 0 Å². The second-order valence-electron chi connectivity index (χ2n) is 6.12. The Hall–Kier alpha value is -0.0400. The molecule has 2 aliphatic rings. The Labute approximate surface area is 95.0 Å². The number of rotatable bonds is 1. The summed E-state index contributed by atoms with van der Waals surface area (Å²) >= 11 is 0. The second-order valence-corrected chi connectivity index (χ2v) is 6.12. The summed E-state index contributed by atoms with van der Waals surface area (Å²) in [4.78, 5) is 0. The molecule has 1 aliphatic heterocycles. The van der Waals surface area contributed by atoms with Crippen LogP contribution < -0.4 is 5.32 Å². The van der Waals surface area contributed by atoms with E-state index in [-0.39, 0.29) is 0 Å². The molecule has 0 radical (unpaired) electrons. The maximum atomic E-state index is 3.85. The molecule has 0 aromatic heterocycles. The normalized spacial score (nSPS) is 43.6. The molecule has 3 unspecified atom stereocenters. The Balaban J connectivity index is 1.98. The quantitative estimate of drug-likeness (QED) is 0.694. The third-order valence-electron chi connectivity index (χ3n) is 4.74. The topological polar surface area (TPSA) is 12.0 Å². The highest BCUT2D eigenvalue weighted by molar-refractivity contribution is 4.93. The molecule has 0 spiro atoms. The molecular weight excluding hydrogens is 182 g/mol. The van der Waals surface area contributed by atoms with Crippen LogP contribution in [0, 0.1) is 11.8 Å². The second kappa shape index (κ2) is 4.86. The Morgan fingerprint density at radius 1 is 1.07 bits per heavy atom. The van der Waals surface area contributed by atoms with E-state index >= 15 is 0 Å². The molecule has 15 heavy (non-hydrogen) atoms. The third kappa shape index (κ3) is 2.75. The lowest BCUT2D eigenvalue weighted by Gasteiger charge is -2.42. The Morgan fingerprint density at radius 2 is 1.93 bits per heavy atom. The van der Waals surface area contributed by atoms with Gasteiger partial charge in [0.2, 0.25) is 0 Å². The molecule has 0 aromatic carbocycles. The summed E-state index contributed by atoms with van der Waals surface area (Å²) in [7, 11) is 0. The molecule has 1 saturated carbocycles. The zero-order chi connectivity index (χ0) is 10.7. The summed E-state index contributed by atoms with van der Waals surface area (Å²) in [6.07, 6.45) is 11.5. The first kappa shape index (κ1) is 11.4. The lowest BCUT2D eigenvalue weighted by Crippen LogP contribution is -2.49. The average Bonchev–Trinajstić information content (AvgIpc) is 2.44. The molecule has 1 nitrogen and oxygen atoms in total. The Kier molecular flexibility index (Phi) is 3.71. The minimum Gasteiger partial charge on any atom is -0.311 e. The summed E-state index contributed by atoms with van der Waals surface area (Å²) < 4.78 is 0. The van der Waals surface area contributed by atoms with E-state index in [1.165, 1.54) is 57.9 Å². The largest absolute Gasteiger partial charge is 0.311 e. The molecule has 1 heterocycles. The molecule has 88 valence electrons. The van der Waals surface area contributed by atoms with E-state index in [1.54, 1.807) is 0 Å². The highest BCUT2D eigenvalue weighted by Crippen LogP contribution is 2.38. The van der Waals surface area contributed by atoms with Gasteiger partial charge in [-0.2, -0.15) is 0 Å².